The van der Waals surface area contributed by atoms with Gasteiger partial charge in [-0.2, -0.15) is 0 Å². The number of ketones is 2. The summed E-state index contributed by atoms with van der Waals surface area (Å²) in [5, 5.41) is 1.64. The van der Waals surface area contributed by atoms with Crippen LogP contribution in [-0.2, 0) is 0 Å². The topological polar surface area (TPSA) is 34.1 Å². The highest BCUT2D eigenvalue weighted by molar-refractivity contribution is 6.16. The number of hydrogen-bond donors (Lipinski definition) is 0. The van der Waals surface area contributed by atoms with E-state index in [0.29, 0.717) is 11.1 Å². The second-order valence-electron chi connectivity index (χ2n) is 7.16. The normalized spacial score (nSPS) is 13.8. The van der Waals surface area contributed by atoms with Gasteiger partial charge in [0.1, 0.15) is 0 Å². The molecule has 0 saturated heterocycles. The average Bonchev–Trinajstić information content (AvgIpc) is 2.63. The minimum atomic E-state index is 0.0274. The molecule has 124 valence electrons. The van der Waals surface area contributed by atoms with Gasteiger partial charge in [0.15, 0.2) is 11.6 Å². The summed E-state index contributed by atoms with van der Waals surface area (Å²) in [6.45, 7) is 3.97. The zero-order chi connectivity index (χ0) is 18.0. The highest BCUT2D eigenvalue weighted by Gasteiger charge is 2.24. The number of carbonyl (C=O) groups is 2. The number of carbonyl (C=O) groups excluding carboxylic acids is 2. The first-order valence-electron chi connectivity index (χ1n) is 8.69. The molecule has 0 unspecified atom stereocenters. The van der Waals surface area contributed by atoms with Crippen molar-refractivity contribution in [3.05, 3.63) is 103 Å². The number of benzene rings is 3. The molecule has 0 N–H and O–H groups in total. The molecule has 0 amide bonds. The average molecular weight is 336 g/mol. The molecule has 0 radical (unpaired) electrons. The van der Waals surface area contributed by atoms with Crippen LogP contribution >= 0.6 is 0 Å². The fourth-order valence-corrected chi connectivity index (χ4v) is 3.88. The van der Waals surface area contributed by atoms with Crippen molar-refractivity contribution in [3.8, 4) is 0 Å². The third-order valence-electron chi connectivity index (χ3n) is 5.24. The minimum absolute atomic E-state index is 0.0274. The van der Waals surface area contributed by atoms with E-state index in [0.717, 1.165) is 43.8 Å². The Balaban J connectivity index is 1.82. The fraction of sp³-hybridized carbons (Fsp3) is 0.0833. The smallest absolute Gasteiger partial charge is 0.194 e. The molecule has 0 bridgehead atoms. The summed E-state index contributed by atoms with van der Waals surface area (Å²) in [4.78, 5) is 26.0. The van der Waals surface area contributed by atoms with E-state index in [-0.39, 0.29) is 11.6 Å². The molecular weight excluding hydrogens is 320 g/mol. The Morgan fingerprint density at radius 1 is 0.538 bits per heavy atom. The molecule has 0 atom stereocenters. The summed E-state index contributed by atoms with van der Waals surface area (Å²) in [6, 6.07) is 15.6. The summed E-state index contributed by atoms with van der Waals surface area (Å²) < 4.78 is 0. The number of aryl methyl sites for hydroxylation is 2. The molecule has 0 saturated carbocycles. The molecule has 3 aromatic carbocycles. The first kappa shape index (κ1) is 15.0. The summed E-state index contributed by atoms with van der Waals surface area (Å²) in [6.07, 6.45) is 4.01. The van der Waals surface area contributed by atoms with Gasteiger partial charge in [-0.05, 0) is 71.8 Å². The summed E-state index contributed by atoms with van der Waals surface area (Å²) in [7, 11) is 0. The maximum atomic E-state index is 13.0. The predicted molar refractivity (Wildman–Crippen MR) is 102 cm³/mol. The third kappa shape index (κ3) is 2.05. The summed E-state index contributed by atoms with van der Waals surface area (Å²) >= 11 is 0. The van der Waals surface area contributed by atoms with E-state index < -0.39 is 0 Å². The first-order valence-corrected chi connectivity index (χ1v) is 8.69. The molecule has 26 heavy (non-hydrogen) atoms. The van der Waals surface area contributed by atoms with E-state index >= 15 is 0 Å². The van der Waals surface area contributed by atoms with Crippen molar-refractivity contribution in [2.45, 2.75) is 13.8 Å². The standard InChI is InChI=1S/C24H16O2/c1-13-3-5-15-9-17-12-22-18(11-21(17)23(25)19(15)7-13)10-16-6-4-14(2)8-20(16)24(22)26/h3-12H,1-2H3. The molecule has 2 aliphatic carbocycles. The van der Waals surface area contributed by atoms with E-state index in [1.165, 1.54) is 0 Å². The molecular formula is C24H16O2. The summed E-state index contributed by atoms with van der Waals surface area (Å²) in [5.74, 6) is 0.0547. The molecule has 0 aromatic heterocycles. The van der Waals surface area contributed by atoms with Gasteiger partial charge in [-0.1, -0.05) is 35.4 Å². The quantitative estimate of drug-likeness (QED) is 0.436. The van der Waals surface area contributed by atoms with Gasteiger partial charge >= 0.3 is 0 Å². The molecule has 2 nitrogen and oxygen atoms in total. The van der Waals surface area contributed by atoms with Gasteiger partial charge in [0.25, 0.3) is 0 Å². The van der Waals surface area contributed by atoms with Gasteiger partial charge < -0.3 is 0 Å². The lowest BCUT2D eigenvalue weighted by atomic mass is 9.85. The maximum absolute atomic E-state index is 13.0. The van der Waals surface area contributed by atoms with E-state index in [1.807, 2.05) is 74.5 Å². The summed E-state index contributed by atoms with van der Waals surface area (Å²) in [5.41, 5.74) is 6.76. The van der Waals surface area contributed by atoms with E-state index in [1.54, 1.807) is 0 Å². The Bertz CT molecular complexity index is 1180. The van der Waals surface area contributed by atoms with Crippen LogP contribution in [0.3, 0.4) is 0 Å². The molecule has 0 fully saturated rings. The van der Waals surface area contributed by atoms with Crippen molar-refractivity contribution in [3.63, 3.8) is 0 Å². The van der Waals surface area contributed by atoms with Gasteiger partial charge in [0, 0.05) is 22.3 Å². The van der Waals surface area contributed by atoms with Gasteiger partial charge in [0.2, 0.25) is 0 Å². The van der Waals surface area contributed by atoms with Crippen LogP contribution in [-0.4, -0.2) is 11.6 Å². The van der Waals surface area contributed by atoms with Gasteiger partial charge in [0.05, 0.1) is 0 Å². The van der Waals surface area contributed by atoms with Crippen molar-refractivity contribution in [1.82, 2.24) is 0 Å². The van der Waals surface area contributed by atoms with Crippen LogP contribution in [0.25, 0.3) is 12.2 Å². The van der Waals surface area contributed by atoms with Crippen molar-refractivity contribution in [2.75, 3.05) is 0 Å². The van der Waals surface area contributed by atoms with Crippen molar-refractivity contribution < 1.29 is 9.59 Å². The van der Waals surface area contributed by atoms with Crippen LogP contribution in [0.15, 0.2) is 48.5 Å². The van der Waals surface area contributed by atoms with Crippen molar-refractivity contribution in [1.29, 1.82) is 0 Å². The molecule has 0 heterocycles. The maximum Gasteiger partial charge on any atom is 0.194 e. The van der Waals surface area contributed by atoms with Gasteiger partial charge in [-0.15, -0.1) is 0 Å². The molecule has 0 spiro atoms. The largest absolute Gasteiger partial charge is 0.289 e. The zero-order valence-corrected chi connectivity index (χ0v) is 14.6. The molecule has 2 aliphatic rings. The lowest BCUT2D eigenvalue weighted by Crippen LogP contribution is -2.31. The number of hydrogen-bond acceptors (Lipinski definition) is 2. The lowest BCUT2D eigenvalue weighted by molar-refractivity contribution is 0.102. The highest BCUT2D eigenvalue weighted by atomic mass is 16.1. The fourth-order valence-electron chi connectivity index (χ4n) is 3.88. The molecule has 5 rings (SSSR count). The minimum Gasteiger partial charge on any atom is -0.289 e. The second kappa shape index (κ2) is 5.12. The van der Waals surface area contributed by atoms with Crippen LogP contribution in [0.2, 0.25) is 0 Å². The highest BCUT2D eigenvalue weighted by Crippen LogP contribution is 2.22. The van der Waals surface area contributed by atoms with Crippen molar-refractivity contribution in [2.24, 2.45) is 0 Å². The van der Waals surface area contributed by atoms with Crippen LogP contribution < -0.4 is 10.4 Å². The zero-order valence-electron chi connectivity index (χ0n) is 14.6. The first-order chi connectivity index (χ1) is 12.5. The van der Waals surface area contributed by atoms with E-state index in [9.17, 15) is 9.59 Å². The Kier molecular flexibility index (Phi) is 2.96. The Morgan fingerprint density at radius 2 is 0.962 bits per heavy atom. The lowest BCUT2D eigenvalue weighted by Gasteiger charge is -2.17. The van der Waals surface area contributed by atoms with Crippen LogP contribution in [0.1, 0.15) is 54.1 Å². The van der Waals surface area contributed by atoms with Gasteiger partial charge in [-0.3, -0.25) is 9.59 Å². The van der Waals surface area contributed by atoms with E-state index in [4.69, 9.17) is 0 Å². The Morgan fingerprint density at radius 3 is 1.38 bits per heavy atom. The Labute approximate surface area is 151 Å². The van der Waals surface area contributed by atoms with E-state index in [2.05, 4.69) is 0 Å². The SMILES string of the molecule is Cc1ccc2c(c1)C(=O)c1cc3c(cc1=C2)C(=O)c1cc(C)ccc1C=3. The number of rotatable bonds is 0. The van der Waals surface area contributed by atoms with Crippen LogP contribution in [0, 0.1) is 13.8 Å². The van der Waals surface area contributed by atoms with Crippen LogP contribution in [0.5, 0.6) is 0 Å². The van der Waals surface area contributed by atoms with Gasteiger partial charge in [-0.25, -0.2) is 0 Å². The Hall–Kier alpha value is -3.26. The number of fused-ring (bicyclic) bond motifs is 4. The third-order valence-corrected chi connectivity index (χ3v) is 5.24. The molecule has 3 aromatic rings. The van der Waals surface area contributed by atoms with Crippen LogP contribution in [0.4, 0.5) is 0 Å². The second-order valence-corrected chi connectivity index (χ2v) is 7.16. The molecule has 0 aliphatic heterocycles. The monoisotopic (exact) mass is 336 g/mol. The molecule has 2 heteroatoms. The predicted octanol–water partition coefficient (Wildman–Crippen LogP) is 3.05. The van der Waals surface area contributed by atoms with Crippen molar-refractivity contribution >= 4 is 23.7 Å².